The van der Waals surface area contributed by atoms with Crippen molar-refractivity contribution >= 4 is 29.2 Å². The molecule has 1 aromatic heterocycles. The van der Waals surface area contributed by atoms with Gasteiger partial charge in [0.1, 0.15) is 11.8 Å². The Balaban J connectivity index is 1.56. The first-order valence-corrected chi connectivity index (χ1v) is 14.8. The Morgan fingerprint density at radius 2 is 1.57 bits per heavy atom. The van der Waals surface area contributed by atoms with Crippen LogP contribution in [0.25, 0.3) is 0 Å². The number of thiophene rings is 1. The van der Waals surface area contributed by atoms with Crippen LogP contribution in [0.4, 0.5) is 4.79 Å². The number of nitrogens with zero attached hydrogens (tertiary/aromatic N) is 1. The van der Waals surface area contributed by atoms with Crippen LogP contribution in [0, 0.1) is 0 Å². The quantitative estimate of drug-likeness (QED) is 0.206. The molecule has 0 aliphatic heterocycles. The van der Waals surface area contributed by atoms with Crippen LogP contribution >= 0.6 is 11.3 Å². The fourth-order valence-corrected chi connectivity index (χ4v) is 5.10. The van der Waals surface area contributed by atoms with E-state index in [0.717, 1.165) is 21.6 Å². The molecule has 1 heterocycles. The van der Waals surface area contributed by atoms with Crippen LogP contribution in [0.3, 0.4) is 0 Å². The number of hydrogen-bond acceptors (Lipinski definition) is 6. The third-order valence-electron chi connectivity index (χ3n) is 6.69. The highest BCUT2D eigenvalue weighted by atomic mass is 32.1. The number of rotatable bonds is 13. The van der Waals surface area contributed by atoms with Gasteiger partial charge in [-0.2, -0.15) is 0 Å². The van der Waals surface area contributed by atoms with Crippen molar-refractivity contribution in [2.24, 2.45) is 5.73 Å². The monoisotopic (exact) mass is 584 g/mol. The summed E-state index contributed by atoms with van der Waals surface area (Å²) in [6.45, 7) is 3.29. The van der Waals surface area contributed by atoms with E-state index in [1.807, 2.05) is 79.0 Å². The summed E-state index contributed by atoms with van der Waals surface area (Å²) in [5.41, 5.74) is 8.82. The minimum atomic E-state index is -0.978. The molecule has 1 atom stereocenters. The van der Waals surface area contributed by atoms with Crippen LogP contribution < -0.4 is 21.1 Å². The Morgan fingerprint density at radius 1 is 0.881 bits per heavy atom. The molecule has 0 radical (unpaired) electrons. The molecular formula is C33H36N4O4S. The number of carbonyl (C=O) groups is 3. The topological polar surface area (TPSA) is 114 Å². The molecule has 0 spiro atoms. The Kier molecular flexibility index (Phi) is 11.3. The van der Waals surface area contributed by atoms with Gasteiger partial charge < -0.3 is 21.1 Å². The zero-order valence-electron chi connectivity index (χ0n) is 23.6. The van der Waals surface area contributed by atoms with E-state index in [9.17, 15) is 14.4 Å². The molecule has 218 valence electrons. The molecule has 9 heteroatoms. The number of nitrogens with one attached hydrogen (secondary N) is 2. The molecular weight excluding hydrogens is 548 g/mol. The second-order valence-corrected chi connectivity index (χ2v) is 10.7. The fourth-order valence-electron chi connectivity index (χ4n) is 4.40. The zero-order chi connectivity index (χ0) is 29.7. The standard InChI is InChI=1S/C33H36N4O4S/c1-2-41-28-16-14-24(15-17-28)21-30(36-31(38)27-7-4-3-5-8-27)32(39)37(19-18-29-9-6-20-42-29)33(40)35-23-26-12-10-25(22-34)11-13-26/h3-17,20,30H,2,18-19,21-23,34H2,1H3,(H,35,40)(H,36,38)/t30-/m1/s1. The normalized spacial score (nSPS) is 11.4. The third kappa shape index (κ3) is 8.76. The van der Waals surface area contributed by atoms with Gasteiger partial charge >= 0.3 is 6.03 Å². The summed E-state index contributed by atoms with van der Waals surface area (Å²) < 4.78 is 5.55. The lowest BCUT2D eigenvalue weighted by atomic mass is 10.0. The van der Waals surface area contributed by atoms with E-state index in [0.29, 0.717) is 30.9 Å². The molecule has 0 saturated heterocycles. The molecule has 0 fully saturated rings. The maximum atomic E-state index is 14.1. The van der Waals surface area contributed by atoms with Crippen LogP contribution in [-0.4, -0.2) is 41.9 Å². The van der Waals surface area contributed by atoms with Crippen LogP contribution in [0.1, 0.15) is 38.8 Å². The average Bonchev–Trinajstić information content (AvgIpc) is 3.55. The second kappa shape index (κ2) is 15.5. The van der Waals surface area contributed by atoms with E-state index in [2.05, 4.69) is 10.6 Å². The zero-order valence-corrected chi connectivity index (χ0v) is 24.4. The summed E-state index contributed by atoms with van der Waals surface area (Å²) in [7, 11) is 0. The van der Waals surface area contributed by atoms with E-state index >= 15 is 0 Å². The largest absolute Gasteiger partial charge is 0.494 e. The summed E-state index contributed by atoms with van der Waals surface area (Å²) in [4.78, 5) is 43.0. The summed E-state index contributed by atoms with van der Waals surface area (Å²) in [5, 5.41) is 7.73. The van der Waals surface area contributed by atoms with Crippen LogP contribution in [-0.2, 0) is 30.7 Å². The second-order valence-electron chi connectivity index (χ2n) is 9.67. The number of benzene rings is 3. The summed E-state index contributed by atoms with van der Waals surface area (Å²) in [6.07, 6.45) is 0.706. The maximum absolute atomic E-state index is 14.1. The number of amides is 4. The van der Waals surface area contributed by atoms with Crippen molar-refractivity contribution in [3.8, 4) is 5.75 Å². The van der Waals surface area contributed by atoms with Gasteiger partial charge in [-0.3, -0.25) is 14.5 Å². The van der Waals surface area contributed by atoms with Crippen molar-refractivity contribution in [2.45, 2.75) is 38.9 Å². The van der Waals surface area contributed by atoms with Crippen molar-refractivity contribution in [3.05, 3.63) is 124 Å². The van der Waals surface area contributed by atoms with E-state index in [4.69, 9.17) is 10.5 Å². The first-order valence-electron chi connectivity index (χ1n) is 13.9. The van der Waals surface area contributed by atoms with Crippen molar-refractivity contribution in [3.63, 3.8) is 0 Å². The number of carbonyl (C=O) groups excluding carboxylic acids is 3. The molecule has 0 aliphatic rings. The molecule has 0 bridgehead atoms. The van der Waals surface area contributed by atoms with Crippen molar-refractivity contribution in [1.82, 2.24) is 15.5 Å². The van der Waals surface area contributed by atoms with Gasteiger partial charge in [0.2, 0.25) is 0 Å². The number of hydrogen-bond donors (Lipinski definition) is 3. The van der Waals surface area contributed by atoms with Crippen LogP contribution in [0.15, 0.2) is 96.4 Å². The highest BCUT2D eigenvalue weighted by Gasteiger charge is 2.30. The molecule has 4 amide bonds. The number of ether oxygens (including phenoxy) is 1. The maximum Gasteiger partial charge on any atom is 0.324 e. The predicted octanol–water partition coefficient (Wildman–Crippen LogP) is 4.93. The molecule has 0 aliphatic carbocycles. The van der Waals surface area contributed by atoms with Gasteiger partial charge in [0, 0.05) is 36.5 Å². The van der Waals surface area contributed by atoms with E-state index in [1.165, 1.54) is 4.90 Å². The Labute approximate surface area is 250 Å². The SMILES string of the molecule is CCOc1ccc(C[C@@H](NC(=O)c2ccccc2)C(=O)N(CCc2cccs2)C(=O)NCc2ccc(CN)cc2)cc1. The average molecular weight is 585 g/mol. The van der Waals surface area contributed by atoms with E-state index in [-0.39, 0.29) is 19.5 Å². The van der Waals surface area contributed by atoms with Crippen LogP contribution in [0.2, 0.25) is 0 Å². The van der Waals surface area contributed by atoms with Gasteiger partial charge in [-0.25, -0.2) is 4.79 Å². The van der Waals surface area contributed by atoms with E-state index < -0.39 is 23.9 Å². The predicted molar refractivity (Wildman–Crippen MR) is 165 cm³/mol. The summed E-state index contributed by atoms with van der Waals surface area (Å²) in [6, 6.07) is 26.1. The van der Waals surface area contributed by atoms with Gasteiger partial charge in [0.05, 0.1) is 6.61 Å². The molecule has 4 aromatic rings. The molecule has 42 heavy (non-hydrogen) atoms. The molecule has 4 rings (SSSR count). The van der Waals surface area contributed by atoms with Crippen LogP contribution in [0.5, 0.6) is 5.75 Å². The van der Waals surface area contributed by atoms with Crippen molar-refractivity contribution < 1.29 is 19.1 Å². The van der Waals surface area contributed by atoms with Gasteiger partial charge in [-0.05, 0) is 65.7 Å². The lowest BCUT2D eigenvalue weighted by molar-refractivity contribution is -0.130. The first kappa shape index (κ1) is 30.5. The van der Waals surface area contributed by atoms with Gasteiger partial charge in [-0.15, -0.1) is 11.3 Å². The Hall–Kier alpha value is -4.47. The Morgan fingerprint density at radius 3 is 2.21 bits per heavy atom. The summed E-state index contributed by atoms with van der Waals surface area (Å²) in [5.74, 6) is -0.159. The van der Waals surface area contributed by atoms with Gasteiger partial charge in [0.25, 0.3) is 11.8 Å². The lowest BCUT2D eigenvalue weighted by Gasteiger charge is -2.27. The lowest BCUT2D eigenvalue weighted by Crippen LogP contribution is -2.54. The third-order valence-corrected chi connectivity index (χ3v) is 7.63. The minimum Gasteiger partial charge on any atom is -0.494 e. The van der Waals surface area contributed by atoms with Gasteiger partial charge in [0.15, 0.2) is 0 Å². The molecule has 8 nitrogen and oxygen atoms in total. The molecule has 0 unspecified atom stereocenters. The highest BCUT2D eigenvalue weighted by molar-refractivity contribution is 7.09. The number of urea groups is 1. The smallest absolute Gasteiger partial charge is 0.324 e. The Bertz CT molecular complexity index is 1430. The van der Waals surface area contributed by atoms with E-state index in [1.54, 1.807) is 35.6 Å². The van der Waals surface area contributed by atoms with Crippen molar-refractivity contribution in [2.75, 3.05) is 13.2 Å². The molecule has 0 saturated carbocycles. The highest BCUT2D eigenvalue weighted by Crippen LogP contribution is 2.16. The first-order chi connectivity index (χ1) is 20.5. The number of imide groups is 1. The summed E-state index contributed by atoms with van der Waals surface area (Å²) >= 11 is 1.56. The minimum absolute atomic E-state index is 0.165. The van der Waals surface area contributed by atoms with Crippen molar-refractivity contribution in [1.29, 1.82) is 0 Å². The fraction of sp³-hybridized carbons (Fsp3) is 0.242. The number of nitrogens with two attached hydrogens (primary N) is 1. The molecule has 3 aromatic carbocycles. The van der Waals surface area contributed by atoms with Gasteiger partial charge in [-0.1, -0.05) is 60.7 Å². The molecule has 4 N–H and O–H groups in total.